The number of aromatic nitrogens is 1. The molecule has 0 spiro atoms. The lowest BCUT2D eigenvalue weighted by Crippen LogP contribution is -2.49. The van der Waals surface area contributed by atoms with Crippen molar-refractivity contribution in [3.8, 4) is 0 Å². The van der Waals surface area contributed by atoms with Crippen LogP contribution >= 0.6 is 15.9 Å². The first-order valence-corrected chi connectivity index (χ1v) is 8.04. The van der Waals surface area contributed by atoms with Crippen molar-refractivity contribution in [2.75, 3.05) is 23.4 Å². The number of benzene rings is 1. The van der Waals surface area contributed by atoms with Crippen molar-refractivity contribution < 1.29 is 4.39 Å². The molecule has 1 aromatic carbocycles. The monoisotopic (exact) mass is 362 g/mol. The molecule has 6 heteroatoms. The summed E-state index contributed by atoms with van der Waals surface area (Å²) in [5, 5.41) is 0. The average Bonchev–Trinajstić information content (AvgIpc) is 2.83. The Morgan fingerprint density at radius 2 is 2.14 bits per heavy atom. The standard InChI is InChI=1S/C16H16BrFN4/c1-16(13-7-11(17)2-3-14(13)20-21-16)10-4-5-19-15(6-10)22-8-12(18)9-22/h2-7,12,20-21H,8-9H2,1H3. The third kappa shape index (κ3) is 2.09. The fourth-order valence-electron chi connectivity index (χ4n) is 3.04. The van der Waals surface area contributed by atoms with E-state index in [2.05, 4.69) is 44.8 Å². The van der Waals surface area contributed by atoms with Crippen molar-refractivity contribution in [1.29, 1.82) is 0 Å². The lowest BCUT2D eigenvalue weighted by molar-refractivity contribution is 0.273. The van der Waals surface area contributed by atoms with Gasteiger partial charge in [0.1, 0.15) is 12.0 Å². The molecule has 0 amide bonds. The van der Waals surface area contributed by atoms with Gasteiger partial charge in [-0.15, -0.1) is 0 Å². The largest absolute Gasteiger partial charge is 0.351 e. The van der Waals surface area contributed by atoms with Crippen LogP contribution in [0.15, 0.2) is 41.0 Å². The molecular formula is C16H16BrFN4. The number of anilines is 2. The lowest BCUT2D eigenvalue weighted by Gasteiger charge is -2.36. The van der Waals surface area contributed by atoms with Crippen LogP contribution in [0, 0.1) is 0 Å². The summed E-state index contributed by atoms with van der Waals surface area (Å²) >= 11 is 3.54. The van der Waals surface area contributed by atoms with Crippen molar-refractivity contribution in [3.63, 3.8) is 0 Å². The van der Waals surface area contributed by atoms with E-state index in [1.807, 2.05) is 29.2 Å². The molecule has 2 aromatic rings. The van der Waals surface area contributed by atoms with E-state index in [0.717, 1.165) is 21.5 Å². The van der Waals surface area contributed by atoms with Crippen LogP contribution in [-0.4, -0.2) is 24.2 Å². The molecule has 3 heterocycles. The van der Waals surface area contributed by atoms with Crippen LogP contribution in [0.25, 0.3) is 0 Å². The van der Waals surface area contributed by atoms with E-state index in [9.17, 15) is 4.39 Å². The van der Waals surface area contributed by atoms with Crippen molar-refractivity contribution >= 4 is 27.4 Å². The number of halogens is 2. The molecule has 4 nitrogen and oxygen atoms in total. The normalized spacial score (nSPS) is 23.9. The summed E-state index contributed by atoms with van der Waals surface area (Å²) in [7, 11) is 0. The van der Waals surface area contributed by atoms with Gasteiger partial charge in [0.15, 0.2) is 0 Å². The fraction of sp³-hybridized carbons (Fsp3) is 0.312. The molecule has 114 valence electrons. The van der Waals surface area contributed by atoms with E-state index in [1.165, 1.54) is 5.56 Å². The van der Waals surface area contributed by atoms with Crippen molar-refractivity contribution in [2.24, 2.45) is 0 Å². The average molecular weight is 363 g/mol. The molecule has 1 saturated heterocycles. The Bertz CT molecular complexity index is 732. The summed E-state index contributed by atoms with van der Waals surface area (Å²) in [6.07, 6.45) is 1.06. The molecule has 0 bridgehead atoms. The minimum absolute atomic E-state index is 0.350. The number of pyridine rings is 1. The number of fused-ring (bicyclic) bond motifs is 1. The maximum absolute atomic E-state index is 13.1. The highest BCUT2D eigenvalue weighted by molar-refractivity contribution is 9.10. The van der Waals surface area contributed by atoms with Gasteiger partial charge in [0.2, 0.25) is 0 Å². The van der Waals surface area contributed by atoms with Gasteiger partial charge in [0.05, 0.1) is 24.3 Å². The van der Waals surface area contributed by atoms with Crippen LogP contribution in [0.3, 0.4) is 0 Å². The first-order chi connectivity index (χ1) is 10.6. The highest BCUT2D eigenvalue weighted by Crippen LogP contribution is 2.40. The highest BCUT2D eigenvalue weighted by Gasteiger charge is 2.37. The molecule has 1 aromatic heterocycles. The van der Waals surface area contributed by atoms with Gasteiger partial charge < -0.3 is 10.3 Å². The van der Waals surface area contributed by atoms with Crippen molar-refractivity contribution in [3.05, 3.63) is 52.1 Å². The second-order valence-corrected chi connectivity index (χ2v) is 6.89. The summed E-state index contributed by atoms with van der Waals surface area (Å²) in [4.78, 5) is 6.33. The van der Waals surface area contributed by atoms with Gasteiger partial charge in [-0.1, -0.05) is 15.9 Å². The molecule has 2 N–H and O–H groups in total. The fourth-order valence-corrected chi connectivity index (χ4v) is 3.40. The Labute approximate surface area is 136 Å². The number of nitrogens with zero attached hydrogens (tertiary/aromatic N) is 2. The Hall–Kier alpha value is -1.66. The number of nitrogens with one attached hydrogen (secondary N) is 2. The minimum Gasteiger partial charge on any atom is -0.351 e. The number of hydrogen-bond acceptors (Lipinski definition) is 4. The predicted molar refractivity (Wildman–Crippen MR) is 88.7 cm³/mol. The molecule has 4 rings (SSSR count). The van der Waals surface area contributed by atoms with Gasteiger partial charge in [-0.25, -0.2) is 14.8 Å². The van der Waals surface area contributed by atoms with Gasteiger partial charge in [0.25, 0.3) is 0 Å². The zero-order valence-electron chi connectivity index (χ0n) is 12.1. The first kappa shape index (κ1) is 14.0. The lowest BCUT2D eigenvalue weighted by atomic mass is 9.86. The van der Waals surface area contributed by atoms with E-state index < -0.39 is 6.17 Å². The molecule has 1 atom stereocenters. The van der Waals surface area contributed by atoms with Crippen LogP contribution < -0.4 is 15.8 Å². The molecule has 0 aliphatic carbocycles. The van der Waals surface area contributed by atoms with Crippen molar-refractivity contribution in [1.82, 2.24) is 10.4 Å². The van der Waals surface area contributed by atoms with Crippen LogP contribution in [0.4, 0.5) is 15.9 Å². The maximum atomic E-state index is 13.1. The van der Waals surface area contributed by atoms with Crippen LogP contribution in [0.2, 0.25) is 0 Å². The topological polar surface area (TPSA) is 40.2 Å². The summed E-state index contributed by atoms with van der Waals surface area (Å²) in [5.74, 6) is 0.831. The van der Waals surface area contributed by atoms with Crippen LogP contribution in [-0.2, 0) is 5.54 Å². The van der Waals surface area contributed by atoms with Gasteiger partial charge in [-0.2, -0.15) is 0 Å². The van der Waals surface area contributed by atoms with Crippen LogP contribution in [0.1, 0.15) is 18.1 Å². The SMILES string of the molecule is CC1(c2ccnc(N3CC(F)C3)c2)NNc2ccc(Br)cc21. The number of hydrazine groups is 1. The Morgan fingerprint density at radius 3 is 2.91 bits per heavy atom. The molecule has 1 unspecified atom stereocenters. The minimum atomic E-state index is -0.732. The van der Waals surface area contributed by atoms with Gasteiger partial charge in [-0.05, 0) is 42.8 Å². The van der Waals surface area contributed by atoms with E-state index in [0.29, 0.717) is 13.1 Å². The summed E-state index contributed by atoms with van der Waals surface area (Å²) in [6.45, 7) is 2.99. The molecule has 22 heavy (non-hydrogen) atoms. The second kappa shape index (κ2) is 4.93. The molecule has 0 saturated carbocycles. The smallest absolute Gasteiger partial charge is 0.135 e. The van der Waals surface area contributed by atoms with E-state index >= 15 is 0 Å². The molecule has 0 radical (unpaired) electrons. The summed E-state index contributed by atoms with van der Waals surface area (Å²) in [5.41, 5.74) is 9.59. The van der Waals surface area contributed by atoms with E-state index in [-0.39, 0.29) is 5.54 Å². The quantitative estimate of drug-likeness (QED) is 0.860. The second-order valence-electron chi connectivity index (χ2n) is 5.97. The van der Waals surface area contributed by atoms with Gasteiger partial charge in [0, 0.05) is 16.2 Å². The number of rotatable bonds is 2. The molecule has 1 fully saturated rings. The zero-order valence-corrected chi connectivity index (χ0v) is 13.7. The molecule has 2 aliphatic heterocycles. The first-order valence-electron chi connectivity index (χ1n) is 7.25. The van der Waals surface area contributed by atoms with Gasteiger partial charge in [-0.3, -0.25) is 0 Å². The Kier molecular flexibility index (Phi) is 3.13. The zero-order chi connectivity index (χ0) is 15.3. The van der Waals surface area contributed by atoms with Crippen molar-refractivity contribution in [2.45, 2.75) is 18.6 Å². The maximum Gasteiger partial charge on any atom is 0.135 e. The Morgan fingerprint density at radius 1 is 1.32 bits per heavy atom. The van der Waals surface area contributed by atoms with Crippen LogP contribution in [0.5, 0.6) is 0 Å². The Balaban J connectivity index is 1.73. The third-order valence-corrected chi connectivity index (χ3v) is 4.94. The predicted octanol–water partition coefficient (Wildman–Crippen LogP) is 3.20. The van der Waals surface area contributed by atoms with Gasteiger partial charge >= 0.3 is 0 Å². The molecule has 2 aliphatic rings. The summed E-state index contributed by atoms with van der Waals surface area (Å²) in [6, 6.07) is 10.2. The van der Waals surface area contributed by atoms with E-state index in [1.54, 1.807) is 6.20 Å². The third-order valence-electron chi connectivity index (χ3n) is 4.45. The number of hydrogen-bond donors (Lipinski definition) is 2. The summed E-state index contributed by atoms with van der Waals surface area (Å²) < 4.78 is 14.1. The van der Waals surface area contributed by atoms with E-state index in [4.69, 9.17) is 0 Å². The number of alkyl halides is 1. The molecular weight excluding hydrogens is 347 g/mol. The highest BCUT2D eigenvalue weighted by atomic mass is 79.9.